The van der Waals surface area contributed by atoms with Crippen LogP contribution in [-0.2, 0) is 0 Å². The molecule has 0 spiro atoms. The quantitative estimate of drug-likeness (QED) is 0.726. The Labute approximate surface area is 120 Å². The summed E-state index contributed by atoms with van der Waals surface area (Å²) in [5, 5.41) is 0. The lowest BCUT2D eigenvalue weighted by molar-refractivity contribution is 0.628. The summed E-state index contributed by atoms with van der Waals surface area (Å²) in [6.07, 6.45) is 2.08. The van der Waals surface area contributed by atoms with E-state index in [1.165, 1.54) is 24.3 Å². The largest absolute Gasteiger partial charge is 0.398 e. The summed E-state index contributed by atoms with van der Waals surface area (Å²) in [6, 6.07) is 9.13. The van der Waals surface area contributed by atoms with Crippen LogP contribution in [0.5, 0.6) is 0 Å². The summed E-state index contributed by atoms with van der Waals surface area (Å²) >= 11 is 0. The van der Waals surface area contributed by atoms with Gasteiger partial charge < -0.3 is 10.3 Å². The Hall–Kier alpha value is -2.43. The number of fused-ring (bicyclic) bond motifs is 1. The van der Waals surface area contributed by atoms with Gasteiger partial charge in [-0.05, 0) is 49.2 Å². The minimum absolute atomic E-state index is 0.289. The fourth-order valence-corrected chi connectivity index (χ4v) is 2.70. The number of imidazole rings is 1. The molecule has 1 heterocycles. The van der Waals surface area contributed by atoms with E-state index in [1.807, 2.05) is 4.57 Å². The number of hydrogen-bond acceptors (Lipinski definition) is 2. The number of anilines is 1. The van der Waals surface area contributed by atoms with Gasteiger partial charge in [0.1, 0.15) is 17.5 Å². The third kappa shape index (κ3) is 1.96. The van der Waals surface area contributed by atoms with E-state index in [0.717, 1.165) is 23.9 Å². The molecule has 1 aliphatic carbocycles. The minimum atomic E-state index is -0.378. The van der Waals surface area contributed by atoms with Crippen LogP contribution < -0.4 is 5.73 Å². The van der Waals surface area contributed by atoms with E-state index in [9.17, 15) is 8.78 Å². The lowest BCUT2D eigenvalue weighted by Crippen LogP contribution is -2.00. The maximum absolute atomic E-state index is 13.5. The second-order valence-electron chi connectivity index (χ2n) is 5.40. The first-order valence-corrected chi connectivity index (χ1v) is 6.86. The lowest BCUT2D eigenvalue weighted by atomic mass is 10.1. The average molecular weight is 285 g/mol. The van der Waals surface area contributed by atoms with E-state index >= 15 is 0 Å². The van der Waals surface area contributed by atoms with Gasteiger partial charge in [0.05, 0.1) is 11.0 Å². The van der Waals surface area contributed by atoms with Crippen LogP contribution in [0, 0.1) is 11.6 Å². The highest BCUT2D eigenvalue weighted by atomic mass is 19.1. The molecule has 3 aromatic rings. The summed E-state index contributed by atoms with van der Waals surface area (Å²) in [7, 11) is 0. The number of aromatic nitrogens is 2. The number of benzene rings is 2. The van der Waals surface area contributed by atoms with Crippen LogP contribution in [0.3, 0.4) is 0 Å². The highest BCUT2D eigenvalue weighted by molar-refractivity contribution is 5.84. The Morgan fingerprint density at radius 3 is 2.48 bits per heavy atom. The second-order valence-corrected chi connectivity index (χ2v) is 5.40. The predicted molar refractivity (Wildman–Crippen MR) is 77.8 cm³/mol. The molecule has 0 bridgehead atoms. The summed E-state index contributed by atoms with van der Waals surface area (Å²) in [5.74, 6) is 0.00917. The number of rotatable bonds is 2. The third-order valence-corrected chi connectivity index (χ3v) is 3.82. The van der Waals surface area contributed by atoms with E-state index in [0.29, 0.717) is 23.1 Å². The molecule has 1 aromatic heterocycles. The zero-order chi connectivity index (χ0) is 14.6. The Bertz CT molecular complexity index is 850. The molecular weight excluding hydrogens is 272 g/mol. The number of hydrogen-bond donors (Lipinski definition) is 1. The van der Waals surface area contributed by atoms with Gasteiger partial charge in [-0.1, -0.05) is 0 Å². The molecule has 21 heavy (non-hydrogen) atoms. The normalized spacial score (nSPS) is 14.8. The van der Waals surface area contributed by atoms with Crippen LogP contribution in [0.1, 0.15) is 18.9 Å². The van der Waals surface area contributed by atoms with Gasteiger partial charge in [0, 0.05) is 17.3 Å². The zero-order valence-corrected chi connectivity index (χ0v) is 11.2. The Balaban J connectivity index is 2.01. The molecule has 2 N–H and O–H groups in total. The van der Waals surface area contributed by atoms with Crippen LogP contribution in [0.15, 0.2) is 36.4 Å². The van der Waals surface area contributed by atoms with Gasteiger partial charge in [0.25, 0.3) is 0 Å². The van der Waals surface area contributed by atoms with Crippen molar-refractivity contribution in [2.45, 2.75) is 18.9 Å². The predicted octanol–water partition coefficient (Wildman–Crippen LogP) is 3.90. The molecule has 0 saturated heterocycles. The SMILES string of the molecule is Nc1cc(F)ccc1-c1nc2ccc(F)cc2n1C1CC1. The van der Waals surface area contributed by atoms with Crippen molar-refractivity contribution in [3.8, 4) is 11.4 Å². The molecule has 0 radical (unpaired) electrons. The molecule has 1 fully saturated rings. The third-order valence-electron chi connectivity index (χ3n) is 3.82. The van der Waals surface area contributed by atoms with E-state index in [-0.39, 0.29) is 11.6 Å². The molecule has 1 saturated carbocycles. The van der Waals surface area contributed by atoms with Gasteiger partial charge in [0.2, 0.25) is 0 Å². The number of nitrogens with two attached hydrogens (primary N) is 1. The molecule has 106 valence electrons. The standard InChI is InChI=1S/C16H13F2N3/c17-9-1-5-12(13(19)7-9)16-20-14-6-2-10(18)8-15(14)21(16)11-3-4-11/h1-2,5-8,11H,3-4,19H2. The van der Waals surface area contributed by atoms with Crippen molar-refractivity contribution in [3.63, 3.8) is 0 Å². The fourth-order valence-electron chi connectivity index (χ4n) is 2.70. The Morgan fingerprint density at radius 1 is 1.05 bits per heavy atom. The van der Waals surface area contributed by atoms with E-state index in [4.69, 9.17) is 5.73 Å². The smallest absolute Gasteiger partial charge is 0.143 e. The zero-order valence-electron chi connectivity index (χ0n) is 11.2. The van der Waals surface area contributed by atoms with Gasteiger partial charge in [0.15, 0.2) is 0 Å². The Morgan fingerprint density at radius 2 is 1.76 bits per heavy atom. The molecule has 5 heteroatoms. The monoisotopic (exact) mass is 285 g/mol. The van der Waals surface area contributed by atoms with Crippen molar-refractivity contribution in [1.82, 2.24) is 9.55 Å². The van der Waals surface area contributed by atoms with Gasteiger partial charge in [-0.3, -0.25) is 0 Å². The maximum atomic E-state index is 13.5. The van der Waals surface area contributed by atoms with Crippen LogP contribution >= 0.6 is 0 Å². The van der Waals surface area contributed by atoms with E-state index in [1.54, 1.807) is 12.1 Å². The van der Waals surface area contributed by atoms with Crippen molar-refractivity contribution in [1.29, 1.82) is 0 Å². The van der Waals surface area contributed by atoms with Crippen molar-refractivity contribution >= 4 is 16.7 Å². The van der Waals surface area contributed by atoms with Gasteiger partial charge >= 0.3 is 0 Å². The first-order chi connectivity index (χ1) is 10.1. The van der Waals surface area contributed by atoms with Crippen molar-refractivity contribution in [2.75, 3.05) is 5.73 Å². The van der Waals surface area contributed by atoms with E-state index in [2.05, 4.69) is 4.98 Å². The van der Waals surface area contributed by atoms with Gasteiger partial charge in [-0.2, -0.15) is 0 Å². The highest BCUT2D eigenvalue weighted by Crippen LogP contribution is 2.42. The fraction of sp³-hybridized carbons (Fsp3) is 0.188. The number of nitrogen functional groups attached to an aromatic ring is 1. The number of nitrogens with zero attached hydrogens (tertiary/aromatic N) is 2. The average Bonchev–Trinajstić information content (AvgIpc) is 3.20. The molecule has 0 amide bonds. The van der Waals surface area contributed by atoms with Gasteiger partial charge in [-0.15, -0.1) is 0 Å². The molecule has 0 unspecified atom stereocenters. The van der Waals surface area contributed by atoms with Crippen LogP contribution in [0.2, 0.25) is 0 Å². The van der Waals surface area contributed by atoms with Crippen LogP contribution in [-0.4, -0.2) is 9.55 Å². The van der Waals surface area contributed by atoms with Crippen molar-refractivity contribution < 1.29 is 8.78 Å². The first-order valence-electron chi connectivity index (χ1n) is 6.86. The lowest BCUT2D eigenvalue weighted by Gasteiger charge is -2.09. The minimum Gasteiger partial charge on any atom is -0.398 e. The molecular formula is C16H13F2N3. The molecule has 3 nitrogen and oxygen atoms in total. The summed E-state index contributed by atoms with van der Waals surface area (Å²) in [4.78, 5) is 4.57. The molecule has 0 aliphatic heterocycles. The second kappa shape index (κ2) is 4.28. The molecule has 4 rings (SSSR count). The van der Waals surface area contributed by atoms with Crippen molar-refractivity contribution in [2.24, 2.45) is 0 Å². The summed E-state index contributed by atoms with van der Waals surface area (Å²) < 4.78 is 28.8. The van der Waals surface area contributed by atoms with Crippen LogP contribution in [0.25, 0.3) is 22.4 Å². The molecule has 2 aromatic carbocycles. The maximum Gasteiger partial charge on any atom is 0.143 e. The molecule has 1 aliphatic rings. The molecule has 0 atom stereocenters. The van der Waals surface area contributed by atoms with Crippen LogP contribution in [0.4, 0.5) is 14.5 Å². The highest BCUT2D eigenvalue weighted by Gasteiger charge is 2.29. The van der Waals surface area contributed by atoms with Crippen molar-refractivity contribution in [3.05, 3.63) is 48.0 Å². The van der Waals surface area contributed by atoms with Gasteiger partial charge in [-0.25, -0.2) is 13.8 Å². The topological polar surface area (TPSA) is 43.8 Å². The first kappa shape index (κ1) is 12.3. The summed E-state index contributed by atoms with van der Waals surface area (Å²) in [5.41, 5.74) is 8.43. The van der Waals surface area contributed by atoms with E-state index < -0.39 is 0 Å². The number of halogens is 2. The summed E-state index contributed by atoms with van der Waals surface area (Å²) in [6.45, 7) is 0. The Kier molecular flexibility index (Phi) is 2.51.